The Hall–Kier alpha value is -2.68. The summed E-state index contributed by atoms with van der Waals surface area (Å²) < 4.78 is 6.08. The second-order valence-electron chi connectivity index (χ2n) is 7.86. The average molecular weight is 500 g/mol. The van der Waals surface area contributed by atoms with Gasteiger partial charge in [-0.05, 0) is 42.0 Å². The van der Waals surface area contributed by atoms with Crippen LogP contribution in [0.1, 0.15) is 17.2 Å². The van der Waals surface area contributed by atoms with Crippen LogP contribution in [0.2, 0.25) is 0 Å². The van der Waals surface area contributed by atoms with Crippen LogP contribution in [0, 0.1) is 0 Å². The lowest BCUT2D eigenvalue weighted by molar-refractivity contribution is -0.140. The Kier molecular flexibility index (Phi) is 6.93. The molecule has 0 saturated carbocycles. The number of rotatable bonds is 6. The maximum atomic E-state index is 13.1. The number of hydrogen-bond acceptors (Lipinski definition) is 6. The zero-order chi connectivity index (χ0) is 22.7. The number of aliphatic hydroxyl groups is 1. The summed E-state index contributed by atoms with van der Waals surface area (Å²) in [5.41, 5.74) is 1.36. The highest BCUT2D eigenvalue weighted by atomic mass is 79.9. The normalized spacial score (nSPS) is 21.2. The maximum absolute atomic E-state index is 13.1. The summed E-state index contributed by atoms with van der Waals surface area (Å²) in [6.45, 7) is 4.70. The van der Waals surface area contributed by atoms with Gasteiger partial charge in [-0.25, -0.2) is 0 Å². The number of aliphatic hydroxyl groups excluding tert-OH is 1. The highest BCUT2D eigenvalue weighted by molar-refractivity contribution is 9.10. The number of ketones is 1. The van der Waals surface area contributed by atoms with Gasteiger partial charge in [0.1, 0.15) is 11.5 Å². The highest BCUT2D eigenvalue weighted by Crippen LogP contribution is 2.39. The van der Waals surface area contributed by atoms with Crippen molar-refractivity contribution in [2.75, 3.05) is 46.4 Å². The molecule has 2 aromatic carbocycles. The fraction of sp³-hybridized carbons (Fsp3) is 0.333. The van der Waals surface area contributed by atoms with Crippen molar-refractivity contribution in [1.82, 2.24) is 15.1 Å². The summed E-state index contributed by atoms with van der Waals surface area (Å²) in [5, 5.41) is 14.4. The summed E-state index contributed by atoms with van der Waals surface area (Å²) in [7, 11) is 1.56. The molecule has 2 N–H and O–H groups in total. The molecule has 0 spiro atoms. The molecule has 0 aromatic heterocycles. The minimum absolute atomic E-state index is 0.114. The number of methoxy groups -OCH3 is 1. The maximum Gasteiger partial charge on any atom is 0.295 e. The largest absolute Gasteiger partial charge is 0.507 e. The number of piperazine rings is 1. The Balaban J connectivity index is 1.71. The van der Waals surface area contributed by atoms with E-state index in [1.165, 1.54) is 0 Å². The van der Waals surface area contributed by atoms with E-state index in [9.17, 15) is 14.7 Å². The van der Waals surface area contributed by atoms with Crippen LogP contribution in [0.4, 0.5) is 0 Å². The van der Waals surface area contributed by atoms with Crippen LogP contribution in [0.5, 0.6) is 5.75 Å². The number of benzene rings is 2. The van der Waals surface area contributed by atoms with Crippen molar-refractivity contribution in [1.29, 1.82) is 0 Å². The molecule has 2 saturated heterocycles. The number of likely N-dealkylation sites (tertiary alicyclic amines) is 1. The number of Topliss-reactive ketones (excluding diaryl/α,β-unsaturated/α-hetero) is 1. The molecule has 32 heavy (non-hydrogen) atoms. The third-order valence-electron chi connectivity index (χ3n) is 5.96. The fourth-order valence-corrected chi connectivity index (χ4v) is 4.45. The molecule has 2 aromatic rings. The first kappa shape index (κ1) is 22.5. The Morgan fingerprint density at radius 2 is 1.72 bits per heavy atom. The molecule has 2 aliphatic heterocycles. The van der Waals surface area contributed by atoms with Crippen molar-refractivity contribution in [3.05, 3.63) is 69.7 Å². The molecule has 4 rings (SSSR count). The summed E-state index contributed by atoms with van der Waals surface area (Å²) in [6.07, 6.45) is 0. The lowest BCUT2D eigenvalue weighted by Gasteiger charge is -2.31. The van der Waals surface area contributed by atoms with Crippen LogP contribution < -0.4 is 10.1 Å². The summed E-state index contributed by atoms with van der Waals surface area (Å²) in [5.74, 6) is -0.777. The standard InChI is InChI=1S/C24H26BrN3O4/c1-32-19-8-4-17(5-9-19)22(29)20-21(16-2-6-18(25)7-3-16)28(24(31)23(20)30)15-14-27-12-10-26-11-13-27/h2-9,21,26,29H,10-15H2,1H3/t21-/m0/s1. The minimum atomic E-state index is -0.661. The number of nitrogens with one attached hydrogen (secondary N) is 1. The van der Waals surface area contributed by atoms with Crippen LogP contribution in [0.15, 0.2) is 58.6 Å². The van der Waals surface area contributed by atoms with E-state index in [0.29, 0.717) is 24.4 Å². The molecule has 0 unspecified atom stereocenters. The molecule has 7 nitrogen and oxygen atoms in total. The second-order valence-corrected chi connectivity index (χ2v) is 8.78. The van der Waals surface area contributed by atoms with E-state index in [0.717, 1.165) is 36.2 Å². The molecule has 1 atom stereocenters. The van der Waals surface area contributed by atoms with E-state index in [1.807, 2.05) is 24.3 Å². The molecule has 2 aliphatic rings. The van der Waals surface area contributed by atoms with Crippen LogP contribution in [0.25, 0.3) is 5.76 Å². The molecule has 0 radical (unpaired) electrons. The first-order chi connectivity index (χ1) is 15.5. The minimum Gasteiger partial charge on any atom is -0.507 e. The zero-order valence-electron chi connectivity index (χ0n) is 17.9. The van der Waals surface area contributed by atoms with Crippen molar-refractivity contribution in [2.45, 2.75) is 6.04 Å². The van der Waals surface area contributed by atoms with Gasteiger partial charge < -0.3 is 20.1 Å². The van der Waals surface area contributed by atoms with Gasteiger partial charge >= 0.3 is 0 Å². The van der Waals surface area contributed by atoms with Crippen LogP contribution in [0.3, 0.4) is 0 Å². The van der Waals surface area contributed by atoms with Gasteiger partial charge in [0.2, 0.25) is 0 Å². The van der Waals surface area contributed by atoms with Gasteiger partial charge in [-0.2, -0.15) is 0 Å². The van der Waals surface area contributed by atoms with E-state index in [2.05, 4.69) is 26.1 Å². The lowest BCUT2D eigenvalue weighted by Crippen LogP contribution is -2.46. The van der Waals surface area contributed by atoms with E-state index >= 15 is 0 Å². The van der Waals surface area contributed by atoms with Gasteiger partial charge in [-0.1, -0.05) is 28.1 Å². The molecule has 1 amide bonds. The first-order valence-corrected chi connectivity index (χ1v) is 11.4. The molecular weight excluding hydrogens is 474 g/mol. The molecular formula is C24H26BrN3O4. The van der Waals surface area contributed by atoms with Gasteiger partial charge in [0.05, 0.1) is 18.7 Å². The predicted molar refractivity (Wildman–Crippen MR) is 125 cm³/mol. The number of carbonyl (C=O) groups is 2. The Labute approximate surface area is 195 Å². The first-order valence-electron chi connectivity index (χ1n) is 10.6. The molecule has 0 bridgehead atoms. The molecule has 168 valence electrons. The molecule has 0 aliphatic carbocycles. The summed E-state index contributed by atoms with van der Waals surface area (Å²) in [6, 6.07) is 13.6. The number of halogens is 1. The Morgan fingerprint density at radius 3 is 2.34 bits per heavy atom. The van der Waals surface area contributed by atoms with Crippen LogP contribution >= 0.6 is 15.9 Å². The predicted octanol–water partition coefficient (Wildman–Crippen LogP) is 2.78. The van der Waals surface area contributed by atoms with E-state index < -0.39 is 17.7 Å². The highest BCUT2D eigenvalue weighted by Gasteiger charge is 2.46. The van der Waals surface area contributed by atoms with Gasteiger partial charge in [0.25, 0.3) is 11.7 Å². The van der Waals surface area contributed by atoms with E-state index in [-0.39, 0.29) is 11.3 Å². The number of carbonyl (C=O) groups excluding carboxylic acids is 2. The van der Waals surface area contributed by atoms with Crippen molar-refractivity contribution in [2.24, 2.45) is 0 Å². The number of amides is 1. The van der Waals surface area contributed by atoms with Crippen molar-refractivity contribution < 1.29 is 19.4 Å². The Bertz CT molecular complexity index is 1010. The smallest absolute Gasteiger partial charge is 0.295 e. The molecule has 2 fully saturated rings. The molecule has 8 heteroatoms. The van der Waals surface area contributed by atoms with Gasteiger partial charge in [-0.15, -0.1) is 0 Å². The van der Waals surface area contributed by atoms with Gasteiger partial charge in [0, 0.05) is 49.3 Å². The third kappa shape index (κ3) is 4.57. The molecule has 2 heterocycles. The lowest BCUT2D eigenvalue weighted by atomic mass is 9.95. The van der Waals surface area contributed by atoms with Gasteiger partial charge in [0.15, 0.2) is 0 Å². The van der Waals surface area contributed by atoms with Crippen molar-refractivity contribution in [3.63, 3.8) is 0 Å². The number of nitrogens with zero attached hydrogens (tertiary/aromatic N) is 2. The number of ether oxygens (including phenoxy) is 1. The average Bonchev–Trinajstić information content (AvgIpc) is 3.08. The monoisotopic (exact) mass is 499 g/mol. The summed E-state index contributed by atoms with van der Waals surface area (Å²) in [4.78, 5) is 30.0. The number of hydrogen-bond donors (Lipinski definition) is 2. The van der Waals surface area contributed by atoms with E-state index in [4.69, 9.17) is 4.74 Å². The third-order valence-corrected chi connectivity index (χ3v) is 6.48. The summed E-state index contributed by atoms with van der Waals surface area (Å²) >= 11 is 3.44. The van der Waals surface area contributed by atoms with Crippen LogP contribution in [-0.2, 0) is 9.59 Å². The van der Waals surface area contributed by atoms with Gasteiger partial charge in [-0.3, -0.25) is 14.5 Å². The quantitative estimate of drug-likeness (QED) is 0.361. The van der Waals surface area contributed by atoms with Crippen molar-refractivity contribution in [3.8, 4) is 5.75 Å². The zero-order valence-corrected chi connectivity index (χ0v) is 19.5. The second kappa shape index (κ2) is 9.85. The topological polar surface area (TPSA) is 82.1 Å². The Morgan fingerprint density at radius 1 is 1.06 bits per heavy atom. The van der Waals surface area contributed by atoms with E-state index in [1.54, 1.807) is 36.3 Å². The van der Waals surface area contributed by atoms with Crippen molar-refractivity contribution >= 4 is 33.4 Å². The fourth-order valence-electron chi connectivity index (χ4n) is 4.19. The van der Waals surface area contributed by atoms with Crippen LogP contribution in [-0.4, -0.2) is 73.0 Å². The SMILES string of the molecule is COc1ccc(C(O)=C2C(=O)C(=O)N(CCN3CCNCC3)[C@H]2c2ccc(Br)cc2)cc1.